The quantitative estimate of drug-likeness (QED) is 0.743. The van der Waals surface area contributed by atoms with E-state index in [0.29, 0.717) is 12.8 Å². The van der Waals surface area contributed by atoms with Gasteiger partial charge >= 0.3 is 0 Å². The number of carbonyl (C=O) groups excluding carboxylic acids is 2. The van der Waals surface area contributed by atoms with Crippen LogP contribution in [-0.2, 0) is 9.59 Å². The van der Waals surface area contributed by atoms with Crippen LogP contribution in [0, 0.1) is 23.7 Å². The largest absolute Gasteiger partial charge is 0.497 e. The monoisotopic (exact) mass is 384 g/mol. The topological polar surface area (TPSA) is 67.4 Å². The van der Waals surface area contributed by atoms with Crippen LogP contribution in [-0.4, -0.2) is 24.5 Å². The smallest absolute Gasteiger partial charge is 0.224 e. The fourth-order valence-corrected chi connectivity index (χ4v) is 6.20. The molecule has 1 atom stereocenters. The molecular weight excluding hydrogens is 352 g/mol. The SMILES string of the molecule is COc1ccc(NC(=O)CC(C)CC(=O)NC23CC4CC(CC(C4)C2)C3)cc1. The summed E-state index contributed by atoms with van der Waals surface area (Å²) in [6.45, 7) is 1.98. The van der Waals surface area contributed by atoms with Crippen molar-refractivity contribution in [3.63, 3.8) is 0 Å². The molecule has 4 aliphatic rings. The number of methoxy groups -OCH3 is 1. The third kappa shape index (κ3) is 4.34. The van der Waals surface area contributed by atoms with E-state index in [9.17, 15) is 9.59 Å². The van der Waals surface area contributed by atoms with Gasteiger partial charge in [0.05, 0.1) is 7.11 Å². The fourth-order valence-electron chi connectivity index (χ4n) is 6.20. The summed E-state index contributed by atoms with van der Waals surface area (Å²) >= 11 is 0. The highest BCUT2D eigenvalue weighted by molar-refractivity contribution is 5.91. The lowest BCUT2D eigenvalue weighted by Crippen LogP contribution is -2.60. The molecule has 0 aliphatic heterocycles. The van der Waals surface area contributed by atoms with Crippen molar-refractivity contribution in [1.82, 2.24) is 5.32 Å². The fraction of sp³-hybridized carbons (Fsp3) is 0.652. The Hall–Kier alpha value is -2.04. The highest BCUT2D eigenvalue weighted by atomic mass is 16.5. The Labute approximate surface area is 167 Å². The van der Waals surface area contributed by atoms with Crippen molar-refractivity contribution in [3.8, 4) is 5.75 Å². The molecule has 1 unspecified atom stereocenters. The number of rotatable bonds is 7. The molecule has 4 saturated carbocycles. The lowest BCUT2D eigenvalue weighted by atomic mass is 9.53. The van der Waals surface area contributed by atoms with Crippen molar-refractivity contribution in [2.45, 2.75) is 63.8 Å². The highest BCUT2D eigenvalue weighted by Crippen LogP contribution is 2.55. The maximum Gasteiger partial charge on any atom is 0.224 e. The molecule has 0 aromatic heterocycles. The number of hydrogen-bond donors (Lipinski definition) is 2. The number of ether oxygens (including phenoxy) is 1. The Bertz CT molecular complexity index is 693. The molecule has 5 rings (SSSR count). The van der Waals surface area contributed by atoms with Gasteiger partial charge in [-0.05, 0) is 86.5 Å². The van der Waals surface area contributed by atoms with Crippen LogP contribution in [0.4, 0.5) is 5.69 Å². The van der Waals surface area contributed by atoms with Gasteiger partial charge in [0.2, 0.25) is 11.8 Å². The molecule has 0 saturated heterocycles. The molecule has 0 radical (unpaired) electrons. The van der Waals surface area contributed by atoms with Crippen LogP contribution in [0.2, 0.25) is 0 Å². The number of amides is 2. The van der Waals surface area contributed by atoms with E-state index < -0.39 is 0 Å². The molecule has 2 N–H and O–H groups in total. The Morgan fingerprint density at radius 1 is 1.00 bits per heavy atom. The molecule has 0 heterocycles. The molecule has 4 fully saturated rings. The third-order valence-corrected chi connectivity index (χ3v) is 6.88. The highest BCUT2D eigenvalue weighted by Gasteiger charge is 2.51. The number of benzene rings is 1. The number of anilines is 1. The lowest BCUT2D eigenvalue weighted by molar-refractivity contribution is -0.127. The standard InChI is InChI=1S/C23H32N2O3/c1-15(7-21(26)24-19-3-5-20(28-2)6-4-19)8-22(27)25-23-12-16-9-17(13-23)11-18(10-16)14-23/h3-6,15-18H,7-14H2,1-2H3,(H,24,26)(H,25,27). The summed E-state index contributed by atoms with van der Waals surface area (Å²) < 4.78 is 5.13. The normalized spacial score (nSPS) is 31.3. The van der Waals surface area contributed by atoms with Crippen molar-refractivity contribution in [2.24, 2.45) is 23.7 Å². The van der Waals surface area contributed by atoms with Crippen LogP contribution in [0.5, 0.6) is 5.75 Å². The van der Waals surface area contributed by atoms with Gasteiger partial charge in [0.1, 0.15) is 5.75 Å². The van der Waals surface area contributed by atoms with Crippen LogP contribution in [0.1, 0.15) is 58.3 Å². The molecular formula is C23H32N2O3. The van der Waals surface area contributed by atoms with Crippen molar-refractivity contribution in [3.05, 3.63) is 24.3 Å². The molecule has 1 aromatic rings. The average Bonchev–Trinajstić information content (AvgIpc) is 2.60. The zero-order chi connectivity index (χ0) is 19.7. The first-order chi connectivity index (χ1) is 13.4. The van der Waals surface area contributed by atoms with E-state index in [-0.39, 0.29) is 23.3 Å². The maximum absolute atomic E-state index is 12.7. The molecule has 152 valence electrons. The second kappa shape index (κ2) is 7.76. The van der Waals surface area contributed by atoms with Gasteiger partial charge in [0.25, 0.3) is 0 Å². The van der Waals surface area contributed by atoms with Gasteiger partial charge in [-0.25, -0.2) is 0 Å². The first-order valence-electron chi connectivity index (χ1n) is 10.7. The molecule has 28 heavy (non-hydrogen) atoms. The van der Waals surface area contributed by atoms with Gasteiger partial charge in [0, 0.05) is 24.1 Å². The zero-order valence-corrected chi connectivity index (χ0v) is 17.0. The van der Waals surface area contributed by atoms with Crippen molar-refractivity contribution in [2.75, 3.05) is 12.4 Å². The minimum atomic E-state index is -0.0553. The number of hydrogen-bond acceptors (Lipinski definition) is 3. The Kier molecular flexibility index (Phi) is 5.35. The average molecular weight is 385 g/mol. The van der Waals surface area contributed by atoms with E-state index in [1.165, 1.54) is 19.3 Å². The third-order valence-electron chi connectivity index (χ3n) is 6.88. The summed E-state index contributed by atoms with van der Waals surface area (Å²) in [6.07, 6.45) is 8.37. The van der Waals surface area contributed by atoms with Crippen LogP contribution in [0.25, 0.3) is 0 Å². The van der Waals surface area contributed by atoms with E-state index in [1.807, 2.05) is 31.2 Å². The van der Waals surface area contributed by atoms with E-state index in [2.05, 4.69) is 10.6 Å². The van der Waals surface area contributed by atoms with Crippen molar-refractivity contribution in [1.29, 1.82) is 0 Å². The molecule has 0 spiro atoms. The first kappa shape index (κ1) is 19.3. The first-order valence-corrected chi connectivity index (χ1v) is 10.7. The zero-order valence-electron chi connectivity index (χ0n) is 17.0. The van der Waals surface area contributed by atoms with E-state index in [1.54, 1.807) is 7.11 Å². The van der Waals surface area contributed by atoms with E-state index in [4.69, 9.17) is 4.74 Å². The predicted octanol–water partition coefficient (Wildman–Crippen LogP) is 4.14. The summed E-state index contributed by atoms with van der Waals surface area (Å²) in [5.74, 6) is 3.30. The summed E-state index contributed by atoms with van der Waals surface area (Å²) in [5.41, 5.74) is 0.799. The maximum atomic E-state index is 12.7. The van der Waals surface area contributed by atoms with Crippen molar-refractivity contribution < 1.29 is 14.3 Å². The molecule has 4 bridgehead atoms. The van der Waals surface area contributed by atoms with Crippen LogP contribution in [0.3, 0.4) is 0 Å². The molecule has 5 nitrogen and oxygen atoms in total. The van der Waals surface area contributed by atoms with Gasteiger partial charge in [-0.1, -0.05) is 6.92 Å². The Morgan fingerprint density at radius 2 is 1.54 bits per heavy atom. The van der Waals surface area contributed by atoms with Gasteiger partial charge in [-0.3, -0.25) is 9.59 Å². The van der Waals surface area contributed by atoms with Crippen LogP contribution < -0.4 is 15.4 Å². The van der Waals surface area contributed by atoms with Crippen molar-refractivity contribution >= 4 is 17.5 Å². The van der Waals surface area contributed by atoms with Gasteiger partial charge in [-0.15, -0.1) is 0 Å². The minimum absolute atomic E-state index is 0.0205. The minimum Gasteiger partial charge on any atom is -0.497 e. The molecule has 5 heteroatoms. The molecule has 4 aliphatic carbocycles. The van der Waals surface area contributed by atoms with Gasteiger partial charge in [-0.2, -0.15) is 0 Å². The second-order valence-electron chi connectivity index (χ2n) is 9.54. The Morgan fingerprint density at radius 3 is 2.07 bits per heavy atom. The summed E-state index contributed by atoms with van der Waals surface area (Å²) in [6, 6.07) is 7.28. The van der Waals surface area contributed by atoms with Crippen LogP contribution >= 0.6 is 0 Å². The molecule has 1 aromatic carbocycles. The number of nitrogens with one attached hydrogen (secondary N) is 2. The molecule has 2 amide bonds. The van der Waals surface area contributed by atoms with E-state index >= 15 is 0 Å². The number of carbonyl (C=O) groups is 2. The van der Waals surface area contributed by atoms with Crippen LogP contribution in [0.15, 0.2) is 24.3 Å². The summed E-state index contributed by atoms with van der Waals surface area (Å²) in [4.78, 5) is 25.0. The Balaban J connectivity index is 1.24. The predicted molar refractivity (Wildman–Crippen MR) is 109 cm³/mol. The van der Waals surface area contributed by atoms with Gasteiger partial charge < -0.3 is 15.4 Å². The second-order valence-corrected chi connectivity index (χ2v) is 9.54. The lowest BCUT2D eigenvalue weighted by Gasteiger charge is -2.57. The van der Waals surface area contributed by atoms with E-state index in [0.717, 1.165) is 48.5 Å². The summed E-state index contributed by atoms with van der Waals surface area (Å²) in [5, 5.41) is 6.30. The van der Waals surface area contributed by atoms with Gasteiger partial charge in [0.15, 0.2) is 0 Å². The summed E-state index contributed by atoms with van der Waals surface area (Å²) in [7, 11) is 1.61.